The highest BCUT2D eigenvalue weighted by Gasteiger charge is 2.36. The number of unbranched alkanes of at least 4 members (excludes halogenated alkanes) is 1. The lowest BCUT2D eigenvalue weighted by Gasteiger charge is -2.13. The van der Waals surface area contributed by atoms with Gasteiger partial charge in [-0.05, 0) is 47.0 Å². The van der Waals surface area contributed by atoms with Crippen LogP contribution in [0.5, 0.6) is 0 Å². The second kappa shape index (κ2) is 6.71. The number of imide groups is 1. The molecule has 1 aliphatic rings. The largest absolute Gasteiger partial charge is 0.309 e. The fourth-order valence-electron chi connectivity index (χ4n) is 2.00. The summed E-state index contributed by atoms with van der Waals surface area (Å²) in [5.74, 6) is -0.117. The Kier molecular flexibility index (Phi) is 5.58. The second-order valence-electron chi connectivity index (χ2n) is 4.70. The van der Waals surface area contributed by atoms with Gasteiger partial charge in [0.05, 0.1) is 12.5 Å². The van der Waals surface area contributed by atoms with Gasteiger partial charge in [-0.2, -0.15) is 0 Å². The highest BCUT2D eigenvalue weighted by molar-refractivity contribution is 6.05. The second-order valence-corrected chi connectivity index (χ2v) is 4.70. The van der Waals surface area contributed by atoms with Crippen LogP contribution in [0.2, 0.25) is 0 Å². The Labute approximate surface area is 103 Å². The minimum absolute atomic E-state index is 0.0525. The lowest BCUT2D eigenvalue weighted by molar-refractivity contribution is -0.138. The molecule has 1 rings (SSSR count). The van der Waals surface area contributed by atoms with Gasteiger partial charge in [-0.25, -0.2) is 0 Å². The van der Waals surface area contributed by atoms with E-state index < -0.39 is 0 Å². The van der Waals surface area contributed by atoms with Crippen LogP contribution in [0, 0.1) is 0 Å². The molecule has 0 saturated carbocycles. The molecule has 1 fully saturated rings. The number of likely N-dealkylation sites (tertiary alicyclic amines) is 1. The molecule has 0 aliphatic carbocycles. The van der Waals surface area contributed by atoms with Gasteiger partial charge in [0.1, 0.15) is 0 Å². The zero-order chi connectivity index (χ0) is 12.8. The van der Waals surface area contributed by atoms with Crippen LogP contribution >= 0.6 is 0 Å². The number of hydrogen-bond acceptors (Lipinski definition) is 4. The standard InChI is InChI=1S/C12H23N3O2/c1-4-15-11(16)9-10(12(15)17)13-7-5-6-8-14(2)3/h10,13H,4-9H2,1-3H3. The molecule has 0 radical (unpaired) electrons. The maximum atomic E-state index is 11.8. The van der Waals surface area contributed by atoms with Crippen molar-refractivity contribution in [3.8, 4) is 0 Å². The Morgan fingerprint density at radius 1 is 1.35 bits per heavy atom. The van der Waals surface area contributed by atoms with Crippen LogP contribution in [-0.2, 0) is 9.59 Å². The monoisotopic (exact) mass is 241 g/mol. The van der Waals surface area contributed by atoms with Crippen LogP contribution < -0.4 is 5.32 Å². The summed E-state index contributed by atoms with van der Waals surface area (Å²) >= 11 is 0. The first kappa shape index (κ1) is 14.1. The minimum Gasteiger partial charge on any atom is -0.309 e. The molecule has 0 aromatic carbocycles. The van der Waals surface area contributed by atoms with Gasteiger partial charge in [0, 0.05) is 6.54 Å². The molecule has 0 bridgehead atoms. The van der Waals surface area contributed by atoms with E-state index in [1.165, 1.54) is 4.90 Å². The zero-order valence-corrected chi connectivity index (χ0v) is 11.0. The smallest absolute Gasteiger partial charge is 0.246 e. The molecule has 1 heterocycles. The van der Waals surface area contributed by atoms with Crippen LogP contribution in [-0.4, -0.2) is 61.4 Å². The van der Waals surface area contributed by atoms with Gasteiger partial charge >= 0.3 is 0 Å². The van der Waals surface area contributed by atoms with Crippen molar-refractivity contribution in [2.24, 2.45) is 0 Å². The summed E-state index contributed by atoms with van der Waals surface area (Å²) < 4.78 is 0. The Balaban J connectivity index is 2.20. The molecule has 5 heteroatoms. The number of nitrogens with zero attached hydrogens (tertiary/aromatic N) is 2. The minimum atomic E-state index is -0.290. The van der Waals surface area contributed by atoms with E-state index in [-0.39, 0.29) is 17.9 Å². The van der Waals surface area contributed by atoms with E-state index >= 15 is 0 Å². The molecule has 0 spiro atoms. The molecule has 1 saturated heterocycles. The predicted octanol–water partition coefficient (Wildman–Crippen LogP) is 0.0652. The van der Waals surface area contributed by atoms with Crippen LogP contribution in [0.25, 0.3) is 0 Å². The zero-order valence-electron chi connectivity index (χ0n) is 11.0. The molecule has 1 N–H and O–H groups in total. The van der Waals surface area contributed by atoms with E-state index in [0.29, 0.717) is 13.0 Å². The maximum absolute atomic E-state index is 11.8. The van der Waals surface area contributed by atoms with Crippen molar-refractivity contribution >= 4 is 11.8 Å². The summed E-state index contributed by atoms with van der Waals surface area (Å²) in [6.07, 6.45) is 2.45. The number of amides is 2. The third-order valence-corrected chi connectivity index (χ3v) is 2.98. The van der Waals surface area contributed by atoms with E-state index in [1.807, 2.05) is 21.0 Å². The van der Waals surface area contributed by atoms with Gasteiger partial charge in [-0.1, -0.05) is 0 Å². The Bertz CT molecular complexity index is 279. The number of hydrogen-bond donors (Lipinski definition) is 1. The fourth-order valence-corrected chi connectivity index (χ4v) is 2.00. The molecule has 98 valence electrons. The van der Waals surface area contributed by atoms with Gasteiger partial charge in [0.2, 0.25) is 11.8 Å². The number of rotatable bonds is 7. The Hall–Kier alpha value is -0.940. The van der Waals surface area contributed by atoms with Gasteiger partial charge < -0.3 is 10.2 Å². The lowest BCUT2D eigenvalue weighted by Crippen LogP contribution is -2.39. The van der Waals surface area contributed by atoms with E-state index in [1.54, 1.807) is 0 Å². The highest BCUT2D eigenvalue weighted by Crippen LogP contribution is 2.12. The maximum Gasteiger partial charge on any atom is 0.246 e. The molecule has 17 heavy (non-hydrogen) atoms. The predicted molar refractivity (Wildman–Crippen MR) is 66.6 cm³/mol. The van der Waals surface area contributed by atoms with Gasteiger partial charge in [-0.15, -0.1) is 0 Å². The van der Waals surface area contributed by atoms with Crippen molar-refractivity contribution in [2.75, 3.05) is 33.7 Å². The summed E-state index contributed by atoms with van der Waals surface area (Å²) in [6, 6.07) is -0.290. The first-order valence-electron chi connectivity index (χ1n) is 6.28. The van der Waals surface area contributed by atoms with Gasteiger partial charge in [0.25, 0.3) is 0 Å². The lowest BCUT2D eigenvalue weighted by atomic mass is 10.2. The third kappa shape index (κ3) is 4.09. The third-order valence-electron chi connectivity index (χ3n) is 2.98. The summed E-state index contributed by atoms with van der Waals surface area (Å²) in [5.41, 5.74) is 0. The molecule has 1 atom stereocenters. The van der Waals surface area contributed by atoms with E-state index in [4.69, 9.17) is 0 Å². The normalized spacial score (nSPS) is 20.7. The van der Waals surface area contributed by atoms with Crippen LogP contribution in [0.1, 0.15) is 26.2 Å². The fraction of sp³-hybridized carbons (Fsp3) is 0.833. The molecule has 0 aromatic rings. The molecular formula is C12H23N3O2. The van der Waals surface area contributed by atoms with E-state index in [0.717, 1.165) is 25.9 Å². The van der Waals surface area contributed by atoms with Gasteiger partial charge in [0.15, 0.2) is 0 Å². The van der Waals surface area contributed by atoms with Crippen molar-refractivity contribution in [1.82, 2.24) is 15.1 Å². The summed E-state index contributed by atoms with van der Waals surface area (Å²) in [6.45, 7) is 4.17. The van der Waals surface area contributed by atoms with Crippen molar-refractivity contribution < 1.29 is 9.59 Å². The quantitative estimate of drug-likeness (QED) is 0.506. The summed E-state index contributed by atoms with van der Waals surface area (Å²) in [5, 5.41) is 3.17. The molecule has 2 amide bonds. The first-order chi connectivity index (χ1) is 8.06. The summed E-state index contributed by atoms with van der Waals surface area (Å²) in [7, 11) is 4.09. The Morgan fingerprint density at radius 2 is 2.06 bits per heavy atom. The van der Waals surface area contributed by atoms with Crippen molar-refractivity contribution in [3.63, 3.8) is 0 Å². The number of likely N-dealkylation sites (N-methyl/N-ethyl adjacent to an activating group) is 1. The van der Waals surface area contributed by atoms with Crippen molar-refractivity contribution in [2.45, 2.75) is 32.2 Å². The summed E-state index contributed by atoms with van der Waals surface area (Å²) in [4.78, 5) is 26.7. The van der Waals surface area contributed by atoms with E-state index in [9.17, 15) is 9.59 Å². The number of carbonyl (C=O) groups is 2. The molecule has 1 unspecified atom stereocenters. The molecular weight excluding hydrogens is 218 g/mol. The van der Waals surface area contributed by atoms with Crippen molar-refractivity contribution in [1.29, 1.82) is 0 Å². The average molecular weight is 241 g/mol. The first-order valence-corrected chi connectivity index (χ1v) is 6.28. The van der Waals surface area contributed by atoms with Gasteiger partial charge in [-0.3, -0.25) is 14.5 Å². The molecule has 0 aromatic heterocycles. The number of nitrogens with one attached hydrogen (secondary N) is 1. The highest BCUT2D eigenvalue weighted by atomic mass is 16.2. The Morgan fingerprint density at radius 3 is 2.59 bits per heavy atom. The average Bonchev–Trinajstić information content (AvgIpc) is 2.53. The van der Waals surface area contributed by atoms with Crippen LogP contribution in [0.4, 0.5) is 0 Å². The molecule has 1 aliphatic heterocycles. The molecule has 5 nitrogen and oxygen atoms in total. The van der Waals surface area contributed by atoms with E-state index in [2.05, 4.69) is 10.2 Å². The van der Waals surface area contributed by atoms with Crippen molar-refractivity contribution in [3.05, 3.63) is 0 Å². The van der Waals surface area contributed by atoms with Crippen LogP contribution in [0.3, 0.4) is 0 Å². The topological polar surface area (TPSA) is 52.7 Å². The SMILES string of the molecule is CCN1C(=O)CC(NCCCCN(C)C)C1=O. The number of carbonyl (C=O) groups excluding carboxylic acids is 2. The van der Waals surface area contributed by atoms with Crippen LogP contribution in [0.15, 0.2) is 0 Å².